The molecule has 2 aromatic rings. The Kier molecular flexibility index (Phi) is 4.69. The van der Waals surface area contributed by atoms with Crippen LogP contribution in [0.5, 0.6) is 0 Å². The van der Waals surface area contributed by atoms with E-state index >= 15 is 0 Å². The van der Waals surface area contributed by atoms with E-state index in [1.165, 1.54) is 7.11 Å². The third-order valence-corrected chi connectivity index (χ3v) is 4.75. The van der Waals surface area contributed by atoms with Crippen LogP contribution >= 0.6 is 0 Å². The Morgan fingerprint density at radius 3 is 2.20 bits per heavy atom. The molecule has 104 valence electrons. The van der Waals surface area contributed by atoms with Gasteiger partial charge in [0, 0.05) is 4.90 Å². The van der Waals surface area contributed by atoms with Crippen LogP contribution < -0.4 is 0 Å². The highest BCUT2D eigenvalue weighted by Gasteiger charge is 2.16. The van der Waals surface area contributed by atoms with Crippen LogP contribution in [-0.2, 0) is 15.5 Å². The molecule has 0 aliphatic rings. The van der Waals surface area contributed by atoms with Crippen molar-refractivity contribution in [1.29, 1.82) is 0 Å². The molecule has 20 heavy (non-hydrogen) atoms. The van der Waals surface area contributed by atoms with E-state index in [4.69, 9.17) is 0 Å². The smallest absolute Gasteiger partial charge is 0.337 e. The molecule has 2 aromatic carbocycles. The van der Waals surface area contributed by atoms with Gasteiger partial charge in [0.1, 0.15) is 0 Å². The standard InChI is InChI=1S/C16H16O3S/c1-12(20(18)15-6-4-3-5-7-15)13-8-10-14(11-9-13)16(17)19-2/h3-12H,1-2H3/t12-,20-/m1/s1. The van der Waals surface area contributed by atoms with Crippen LogP contribution in [0.15, 0.2) is 59.5 Å². The normalized spacial score (nSPS) is 13.5. The first-order valence-electron chi connectivity index (χ1n) is 6.27. The van der Waals surface area contributed by atoms with Crippen LogP contribution in [0.3, 0.4) is 0 Å². The van der Waals surface area contributed by atoms with E-state index in [1.54, 1.807) is 12.1 Å². The molecule has 0 N–H and O–H groups in total. The molecule has 0 saturated heterocycles. The van der Waals surface area contributed by atoms with Crippen molar-refractivity contribution in [3.63, 3.8) is 0 Å². The second-order valence-corrected chi connectivity index (χ2v) is 6.14. The van der Waals surface area contributed by atoms with E-state index < -0.39 is 10.8 Å². The molecule has 2 rings (SSSR count). The van der Waals surface area contributed by atoms with Crippen molar-refractivity contribution in [1.82, 2.24) is 0 Å². The van der Waals surface area contributed by atoms with Crippen molar-refractivity contribution >= 4 is 16.8 Å². The maximum Gasteiger partial charge on any atom is 0.337 e. The molecule has 0 bridgehead atoms. The van der Waals surface area contributed by atoms with Crippen molar-refractivity contribution in [2.24, 2.45) is 0 Å². The van der Waals surface area contributed by atoms with Gasteiger partial charge >= 0.3 is 5.97 Å². The molecule has 3 nitrogen and oxygen atoms in total. The second-order valence-electron chi connectivity index (χ2n) is 4.37. The van der Waals surface area contributed by atoms with E-state index in [1.807, 2.05) is 49.4 Å². The molecule has 0 heterocycles. The number of rotatable bonds is 4. The lowest BCUT2D eigenvalue weighted by molar-refractivity contribution is 0.0600. The molecule has 4 heteroatoms. The molecule has 0 fully saturated rings. The summed E-state index contributed by atoms with van der Waals surface area (Å²) in [6, 6.07) is 16.4. The van der Waals surface area contributed by atoms with Gasteiger partial charge in [-0.25, -0.2) is 4.79 Å². The summed E-state index contributed by atoms with van der Waals surface area (Å²) in [6.07, 6.45) is 0. The largest absolute Gasteiger partial charge is 0.465 e. The number of ether oxygens (including phenoxy) is 1. The van der Waals surface area contributed by atoms with Crippen LogP contribution in [0.4, 0.5) is 0 Å². The molecule has 0 aliphatic heterocycles. The third kappa shape index (κ3) is 3.14. The van der Waals surface area contributed by atoms with Crippen LogP contribution in [0, 0.1) is 0 Å². The monoisotopic (exact) mass is 288 g/mol. The fourth-order valence-electron chi connectivity index (χ4n) is 1.89. The zero-order chi connectivity index (χ0) is 14.5. The quantitative estimate of drug-likeness (QED) is 0.810. The molecule has 0 saturated carbocycles. The summed E-state index contributed by atoms with van der Waals surface area (Å²) >= 11 is 0. The molecule has 0 unspecified atom stereocenters. The predicted octanol–water partition coefficient (Wildman–Crippen LogP) is 3.34. The number of esters is 1. The van der Waals surface area contributed by atoms with Gasteiger partial charge in [-0.05, 0) is 36.8 Å². The number of hydrogen-bond donors (Lipinski definition) is 0. The van der Waals surface area contributed by atoms with Crippen molar-refractivity contribution < 1.29 is 13.7 Å². The SMILES string of the molecule is COC(=O)c1ccc([C@@H](C)[S@@](=O)c2ccccc2)cc1. The Morgan fingerprint density at radius 2 is 1.65 bits per heavy atom. The molecule has 0 aromatic heterocycles. The molecular weight excluding hydrogens is 272 g/mol. The maximum absolute atomic E-state index is 12.4. The number of hydrogen-bond acceptors (Lipinski definition) is 3. The minimum atomic E-state index is -1.11. The molecule has 0 amide bonds. The first-order chi connectivity index (χ1) is 9.63. The van der Waals surface area contributed by atoms with Crippen molar-refractivity contribution in [3.05, 3.63) is 65.7 Å². The number of carbonyl (C=O) groups is 1. The lowest BCUT2D eigenvalue weighted by Gasteiger charge is -2.12. The summed E-state index contributed by atoms with van der Waals surface area (Å²) in [4.78, 5) is 12.2. The van der Waals surface area contributed by atoms with Gasteiger partial charge in [0.25, 0.3) is 0 Å². The van der Waals surface area contributed by atoms with Gasteiger partial charge in [-0.3, -0.25) is 4.21 Å². The number of benzene rings is 2. The highest BCUT2D eigenvalue weighted by Crippen LogP contribution is 2.24. The summed E-state index contributed by atoms with van der Waals surface area (Å²) in [5.74, 6) is -0.367. The summed E-state index contributed by atoms with van der Waals surface area (Å²) in [6.45, 7) is 1.91. The van der Waals surface area contributed by atoms with Gasteiger partial charge in [0.15, 0.2) is 0 Å². The van der Waals surface area contributed by atoms with Crippen LogP contribution in [0.1, 0.15) is 28.1 Å². The maximum atomic E-state index is 12.4. The van der Waals surface area contributed by atoms with Gasteiger partial charge in [0.2, 0.25) is 0 Å². The molecule has 2 atom stereocenters. The first kappa shape index (κ1) is 14.5. The second kappa shape index (κ2) is 6.48. The Hall–Kier alpha value is -1.94. The average molecular weight is 288 g/mol. The third-order valence-electron chi connectivity index (χ3n) is 3.10. The topological polar surface area (TPSA) is 43.4 Å². The van der Waals surface area contributed by atoms with Crippen molar-refractivity contribution in [2.45, 2.75) is 17.1 Å². The van der Waals surface area contributed by atoms with Gasteiger partial charge in [0.05, 0.1) is 28.7 Å². The summed E-state index contributed by atoms with van der Waals surface area (Å²) in [7, 11) is 0.236. The van der Waals surface area contributed by atoms with Crippen molar-refractivity contribution in [2.75, 3.05) is 7.11 Å². The van der Waals surface area contributed by atoms with E-state index in [2.05, 4.69) is 4.74 Å². The van der Waals surface area contributed by atoms with E-state index in [0.717, 1.165) is 10.5 Å². The Labute approximate surface area is 121 Å². The van der Waals surface area contributed by atoms with Gasteiger partial charge in [-0.2, -0.15) is 0 Å². The minimum Gasteiger partial charge on any atom is -0.465 e. The van der Waals surface area contributed by atoms with Crippen LogP contribution in [-0.4, -0.2) is 17.3 Å². The summed E-state index contributed by atoms with van der Waals surface area (Å²) in [5.41, 5.74) is 1.42. The molecule has 0 aliphatic carbocycles. The summed E-state index contributed by atoms with van der Waals surface area (Å²) < 4.78 is 17.1. The highest BCUT2D eigenvalue weighted by atomic mass is 32.2. The van der Waals surface area contributed by atoms with Gasteiger partial charge in [-0.15, -0.1) is 0 Å². The average Bonchev–Trinajstić information content (AvgIpc) is 2.53. The van der Waals surface area contributed by atoms with Crippen molar-refractivity contribution in [3.8, 4) is 0 Å². The zero-order valence-corrected chi connectivity index (χ0v) is 12.2. The molecular formula is C16H16O3S. The predicted molar refractivity (Wildman–Crippen MR) is 79.0 cm³/mol. The van der Waals surface area contributed by atoms with Crippen LogP contribution in [0.25, 0.3) is 0 Å². The Bertz CT molecular complexity index is 605. The Morgan fingerprint density at radius 1 is 1.05 bits per heavy atom. The minimum absolute atomic E-state index is 0.135. The van der Waals surface area contributed by atoms with Gasteiger partial charge in [-0.1, -0.05) is 30.3 Å². The van der Waals surface area contributed by atoms with Crippen LogP contribution in [0.2, 0.25) is 0 Å². The lowest BCUT2D eigenvalue weighted by atomic mass is 10.1. The van der Waals surface area contributed by atoms with Gasteiger partial charge < -0.3 is 4.74 Å². The number of carbonyl (C=O) groups excluding carboxylic acids is 1. The lowest BCUT2D eigenvalue weighted by Crippen LogP contribution is -2.05. The zero-order valence-electron chi connectivity index (χ0n) is 11.4. The van der Waals surface area contributed by atoms with E-state index in [0.29, 0.717) is 5.56 Å². The fourth-order valence-corrected chi connectivity index (χ4v) is 3.13. The van der Waals surface area contributed by atoms with E-state index in [9.17, 15) is 9.00 Å². The molecule has 0 radical (unpaired) electrons. The fraction of sp³-hybridized carbons (Fsp3) is 0.188. The Balaban J connectivity index is 2.19. The molecule has 0 spiro atoms. The number of methoxy groups -OCH3 is 1. The van der Waals surface area contributed by atoms with E-state index in [-0.39, 0.29) is 11.2 Å². The first-order valence-corrected chi connectivity index (χ1v) is 7.48. The highest BCUT2D eigenvalue weighted by molar-refractivity contribution is 7.85. The summed E-state index contributed by atoms with van der Waals surface area (Å²) in [5, 5.41) is -0.135.